The van der Waals surface area contributed by atoms with Gasteiger partial charge in [0.1, 0.15) is 5.84 Å². The van der Waals surface area contributed by atoms with Gasteiger partial charge in [-0.1, -0.05) is 0 Å². The Morgan fingerprint density at radius 3 is 2.06 bits per heavy atom. The van der Waals surface area contributed by atoms with Gasteiger partial charge in [-0.25, -0.2) is 8.42 Å². The summed E-state index contributed by atoms with van der Waals surface area (Å²) in [5.41, 5.74) is 4.77. The Hall–Kier alpha value is -0.800. The Kier molecular flexibility index (Phi) is 4.29. The Bertz CT molecular complexity index is 416. The lowest BCUT2D eigenvalue weighted by molar-refractivity contribution is 0.115. The van der Waals surface area contributed by atoms with Crippen molar-refractivity contribution in [1.82, 2.24) is 9.21 Å². The van der Waals surface area contributed by atoms with E-state index < -0.39 is 21.3 Å². The third-order valence-electron chi connectivity index (χ3n) is 3.27. The van der Waals surface area contributed by atoms with Gasteiger partial charge in [0, 0.05) is 26.2 Å². The van der Waals surface area contributed by atoms with Crippen LogP contribution in [0.15, 0.2) is 0 Å². The van der Waals surface area contributed by atoms with Crippen LogP contribution in [-0.2, 0) is 10.0 Å². The molecule has 3 N–H and O–H groups in total. The maximum atomic E-state index is 12.4. The molecule has 0 unspecified atom stereocenters. The average molecular weight is 284 g/mol. The van der Waals surface area contributed by atoms with Gasteiger partial charge in [-0.3, -0.25) is 10.3 Å². The summed E-state index contributed by atoms with van der Waals surface area (Å²) in [5, 5.41) is 7.46. The predicted octanol–water partition coefficient (Wildman–Crippen LogP) is -0.129. The van der Waals surface area contributed by atoms with Crippen LogP contribution in [0.25, 0.3) is 0 Å². The molecule has 1 heterocycles. The Morgan fingerprint density at radius 2 is 1.72 bits per heavy atom. The first-order valence-corrected chi connectivity index (χ1v) is 6.97. The van der Waals surface area contributed by atoms with E-state index in [2.05, 4.69) is 0 Å². The lowest BCUT2D eigenvalue weighted by Gasteiger charge is -2.42. The monoisotopic (exact) mass is 284 g/mol. The van der Waals surface area contributed by atoms with Crippen molar-refractivity contribution in [3.63, 3.8) is 0 Å². The van der Waals surface area contributed by atoms with E-state index in [-0.39, 0.29) is 32.0 Å². The second kappa shape index (κ2) is 5.06. The highest BCUT2D eigenvalue weighted by Gasteiger charge is 2.38. The third kappa shape index (κ3) is 2.78. The third-order valence-corrected chi connectivity index (χ3v) is 4.81. The first kappa shape index (κ1) is 15.3. The number of nitrogens with zero attached hydrogens (tertiary/aromatic N) is 2. The summed E-state index contributed by atoms with van der Waals surface area (Å²) >= 11 is 0. The zero-order valence-electron chi connectivity index (χ0n) is 10.4. The first-order chi connectivity index (χ1) is 8.10. The van der Waals surface area contributed by atoms with Crippen molar-refractivity contribution in [2.75, 3.05) is 26.2 Å². The Balaban J connectivity index is 2.71. The molecule has 0 atom stereocenters. The molecule has 0 bridgehead atoms. The van der Waals surface area contributed by atoms with Crippen molar-refractivity contribution in [3.05, 3.63) is 0 Å². The SMILES string of the molecule is CC(C)(C(=N)N)N1CCN(S(=O)(=O)C(F)F)CC1. The number of nitrogens with two attached hydrogens (primary N) is 1. The number of nitrogens with one attached hydrogen (secondary N) is 1. The highest BCUT2D eigenvalue weighted by atomic mass is 32.2. The summed E-state index contributed by atoms with van der Waals surface area (Å²) in [7, 11) is -4.50. The maximum Gasteiger partial charge on any atom is 0.350 e. The minimum atomic E-state index is -4.50. The molecule has 18 heavy (non-hydrogen) atoms. The highest BCUT2D eigenvalue weighted by Crippen LogP contribution is 2.20. The maximum absolute atomic E-state index is 12.4. The summed E-state index contributed by atoms with van der Waals surface area (Å²) in [6.45, 7) is 4.02. The molecule has 9 heteroatoms. The largest absolute Gasteiger partial charge is 0.386 e. The van der Waals surface area contributed by atoms with Gasteiger partial charge in [-0.2, -0.15) is 13.1 Å². The number of amidine groups is 1. The lowest BCUT2D eigenvalue weighted by Crippen LogP contribution is -2.60. The zero-order valence-corrected chi connectivity index (χ0v) is 11.2. The van der Waals surface area contributed by atoms with Crippen LogP contribution in [0.1, 0.15) is 13.8 Å². The van der Waals surface area contributed by atoms with Crippen molar-refractivity contribution in [1.29, 1.82) is 5.41 Å². The minimum absolute atomic E-state index is 0.0105. The molecule has 0 aromatic carbocycles. The zero-order chi connectivity index (χ0) is 14.1. The van der Waals surface area contributed by atoms with E-state index >= 15 is 0 Å². The van der Waals surface area contributed by atoms with E-state index in [0.717, 1.165) is 4.31 Å². The quantitative estimate of drug-likeness (QED) is 0.556. The number of alkyl halides is 2. The van der Waals surface area contributed by atoms with Crippen molar-refractivity contribution in [3.8, 4) is 0 Å². The number of sulfonamides is 1. The average Bonchev–Trinajstić information content (AvgIpc) is 2.28. The first-order valence-electron chi connectivity index (χ1n) is 5.47. The van der Waals surface area contributed by atoms with Gasteiger partial charge in [0.15, 0.2) is 0 Å². The molecule has 0 amide bonds. The normalized spacial score (nSPS) is 20.3. The highest BCUT2D eigenvalue weighted by molar-refractivity contribution is 7.89. The topological polar surface area (TPSA) is 90.5 Å². The molecule has 106 valence electrons. The lowest BCUT2D eigenvalue weighted by atomic mass is 10.0. The van der Waals surface area contributed by atoms with Crippen LogP contribution in [0.3, 0.4) is 0 Å². The Labute approximate surface area is 105 Å². The molecule has 1 aliphatic rings. The number of halogens is 2. The second-order valence-electron chi connectivity index (χ2n) is 4.66. The predicted molar refractivity (Wildman–Crippen MR) is 64.1 cm³/mol. The molecule has 0 aromatic heterocycles. The van der Waals surface area contributed by atoms with E-state index in [1.807, 2.05) is 4.90 Å². The van der Waals surface area contributed by atoms with Gasteiger partial charge in [0.05, 0.1) is 5.54 Å². The van der Waals surface area contributed by atoms with Gasteiger partial charge in [-0.05, 0) is 13.8 Å². The van der Waals surface area contributed by atoms with Gasteiger partial charge < -0.3 is 5.73 Å². The van der Waals surface area contributed by atoms with Crippen LogP contribution >= 0.6 is 0 Å². The number of hydrogen-bond acceptors (Lipinski definition) is 4. The van der Waals surface area contributed by atoms with E-state index in [9.17, 15) is 17.2 Å². The molecule has 0 radical (unpaired) electrons. The fourth-order valence-corrected chi connectivity index (χ4v) is 2.68. The molecular formula is C9H18F2N4O2S. The minimum Gasteiger partial charge on any atom is -0.386 e. The van der Waals surface area contributed by atoms with Gasteiger partial charge >= 0.3 is 5.76 Å². The Morgan fingerprint density at radius 1 is 1.28 bits per heavy atom. The van der Waals surface area contributed by atoms with Crippen molar-refractivity contribution in [2.45, 2.75) is 25.1 Å². The second-order valence-corrected chi connectivity index (χ2v) is 6.57. The fourth-order valence-electron chi connectivity index (χ4n) is 1.78. The molecule has 1 fully saturated rings. The molecule has 1 saturated heterocycles. The van der Waals surface area contributed by atoms with E-state index in [1.165, 1.54) is 0 Å². The molecule has 0 aliphatic carbocycles. The van der Waals surface area contributed by atoms with Crippen molar-refractivity contribution in [2.24, 2.45) is 5.73 Å². The van der Waals surface area contributed by atoms with Crippen LogP contribution in [0.5, 0.6) is 0 Å². The smallest absolute Gasteiger partial charge is 0.350 e. The van der Waals surface area contributed by atoms with Crippen LogP contribution in [-0.4, -0.2) is 60.9 Å². The summed E-state index contributed by atoms with van der Waals surface area (Å²) in [6.07, 6.45) is 0. The number of hydrogen-bond donors (Lipinski definition) is 2. The van der Waals surface area contributed by atoms with E-state index in [4.69, 9.17) is 11.1 Å². The number of piperazine rings is 1. The molecule has 0 aromatic rings. The summed E-state index contributed by atoms with van der Waals surface area (Å²) in [4.78, 5) is 1.81. The summed E-state index contributed by atoms with van der Waals surface area (Å²) in [5.74, 6) is -3.42. The van der Waals surface area contributed by atoms with Crippen LogP contribution in [0, 0.1) is 5.41 Å². The van der Waals surface area contributed by atoms with Gasteiger partial charge in [0.25, 0.3) is 10.0 Å². The van der Waals surface area contributed by atoms with E-state index in [1.54, 1.807) is 13.8 Å². The summed E-state index contributed by atoms with van der Waals surface area (Å²) < 4.78 is 48.0. The molecule has 1 rings (SSSR count). The van der Waals surface area contributed by atoms with E-state index in [0.29, 0.717) is 0 Å². The number of rotatable bonds is 4. The van der Waals surface area contributed by atoms with Gasteiger partial charge in [-0.15, -0.1) is 0 Å². The standard InChI is InChI=1S/C9H18F2N4O2S/c1-9(2,7(12)13)14-3-5-15(6-4-14)18(16,17)8(10)11/h8H,3-6H2,1-2H3,(H3,12,13). The van der Waals surface area contributed by atoms with Gasteiger partial charge in [0.2, 0.25) is 0 Å². The van der Waals surface area contributed by atoms with Crippen LogP contribution in [0.4, 0.5) is 8.78 Å². The van der Waals surface area contributed by atoms with Crippen LogP contribution < -0.4 is 5.73 Å². The summed E-state index contributed by atoms with van der Waals surface area (Å²) in [6, 6.07) is 0. The molecule has 0 saturated carbocycles. The van der Waals surface area contributed by atoms with Crippen LogP contribution in [0.2, 0.25) is 0 Å². The van der Waals surface area contributed by atoms with Crippen molar-refractivity contribution < 1.29 is 17.2 Å². The van der Waals surface area contributed by atoms with Crippen molar-refractivity contribution >= 4 is 15.9 Å². The fraction of sp³-hybridized carbons (Fsp3) is 0.889. The molecule has 6 nitrogen and oxygen atoms in total. The molecule has 0 spiro atoms. The molecular weight excluding hydrogens is 266 g/mol. The molecule has 1 aliphatic heterocycles.